The smallest absolute Gasteiger partial charge is 0.306 e. The quantitative estimate of drug-likeness (QED) is 0.0253. The van der Waals surface area contributed by atoms with Crippen LogP contribution >= 0.6 is 0 Å². The minimum absolute atomic E-state index is 0.0318. The third kappa shape index (κ3) is 50.6. The van der Waals surface area contributed by atoms with E-state index in [1.807, 2.05) is 0 Å². The van der Waals surface area contributed by atoms with E-state index in [1.165, 1.54) is 212 Å². The standard InChI is InChI=1S/C84H158O15/c1-67(2)57-49-41-33-25-17-9-13-21-29-37-45-53-61-73(86)93-66-72-80(96-74(87)62-54-46-38-30-22-14-10-18-26-34-42-50-58-68(3)4)81(97-75(88)63-55-47-39-31-23-15-11-19-27-35-43-51-59-69(5)6)79(92)83(95-72)99-84-82(78(91)77(90)71(65-85)94-84)98-76(89)64-56-48-40-32-24-16-12-20-28-36-44-52-60-70(7)8/h67-72,77-85,90-92H,9-66H2,1-8H3/t71-,72-,77-,78+,79-,80-,81-,82-,83-,84-/m1/s1. The molecule has 0 aromatic carbocycles. The third-order valence-electron chi connectivity index (χ3n) is 20.6. The predicted molar refractivity (Wildman–Crippen MR) is 402 cm³/mol. The molecule has 0 unspecified atom stereocenters. The lowest BCUT2D eigenvalue weighted by Crippen LogP contribution is -2.65. The predicted octanol–water partition coefficient (Wildman–Crippen LogP) is 21.3. The van der Waals surface area contributed by atoms with Gasteiger partial charge < -0.3 is 53.6 Å². The van der Waals surface area contributed by atoms with Crippen LogP contribution < -0.4 is 0 Å². The molecule has 99 heavy (non-hydrogen) atoms. The number of unbranched alkanes of at least 4 members (excludes halogenated alkanes) is 44. The Hall–Kier alpha value is -2.40. The summed E-state index contributed by atoms with van der Waals surface area (Å²) in [6.07, 6.45) is 43.7. The summed E-state index contributed by atoms with van der Waals surface area (Å²) < 4.78 is 42.8. The molecule has 2 heterocycles. The monoisotopic (exact) mass is 1410 g/mol. The van der Waals surface area contributed by atoms with Gasteiger partial charge in [-0.1, -0.05) is 364 Å². The topological polar surface area (TPSA) is 214 Å². The number of ether oxygens (including phenoxy) is 7. The summed E-state index contributed by atoms with van der Waals surface area (Å²) in [7, 11) is 0. The second-order valence-electron chi connectivity index (χ2n) is 32.1. The van der Waals surface area contributed by atoms with Gasteiger partial charge >= 0.3 is 23.9 Å². The highest BCUT2D eigenvalue weighted by molar-refractivity contribution is 5.71. The van der Waals surface area contributed by atoms with Gasteiger partial charge in [-0.15, -0.1) is 0 Å². The lowest BCUT2D eigenvalue weighted by Gasteiger charge is -2.46. The van der Waals surface area contributed by atoms with Gasteiger partial charge in [0.15, 0.2) is 24.6 Å². The molecule has 15 heteroatoms. The summed E-state index contributed by atoms with van der Waals surface area (Å²) in [4.78, 5) is 55.1. The molecule has 0 bridgehead atoms. The molecule has 0 saturated carbocycles. The van der Waals surface area contributed by atoms with Crippen LogP contribution in [0.25, 0.3) is 0 Å². The molecule has 584 valence electrons. The van der Waals surface area contributed by atoms with Crippen molar-refractivity contribution in [1.82, 2.24) is 0 Å². The van der Waals surface area contributed by atoms with Gasteiger partial charge in [0, 0.05) is 25.7 Å². The van der Waals surface area contributed by atoms with Crippen molar-refractivity contribution in [1.29, 1.82) is 0 Å². The normalized spacial score (nSPS) is 21.1. The van der Waals surface area contributed by atoms with Gasteiger partial charge in [-0.25, -0.2) is 0 Å². The zero-order valence-corrected chi connectivity index (χ0v) is 65.4. The van der Waals surface area contributed by atoms with Crippen LogP contribution in [0.4, 0.5) is 0 Å². The van der Waals surface area contributed by atoms with E-state index in [1.54, 1.807) is 0 Å². The molecule has 10 atom stereocenters. The van der Waals surface area contributed by atoms with E-state index in [0.29, 0.717) is 25.7 Å². The van der Waals surface area contributed by atoms with E-state index in [9.17, 15) is 39.6 Å². The zero-order valence-electron chi connectivity index (χ0n) is 65.4. The fourth-order valence-electron chi connectivity index (χ4n) is 14.1. The number of rotatable bonds is 68. The van der Waals surface area contributed by atoms with Crippen molar-refractivity contribution in [2.75, 3.05) is 13.2 Å². The van der Waals surface area contributed by atoms with Gasteiger partial charge in [-0.2, -0.15) is 0 Å². The summed E-state index contributed by atoms with van der Waals surface area (Å²) in [5.41, 5.74) is 0. The maximum atomic E-state index is 14.0. The highest BCUT2D eigenvalue weighted by atomic mass is 16.8. The van der Waals surface area contributed by atoms with E-state index in [-0.39, 0.29) is 25.7 Å². The van der Waals surface area contributed by atoms with Crippen LogP contribution in [-0.2, 0) is 52.3 Å². The van der Waals surface area contributed by atoms with E-state index in [2.05, 4.69) is 55.4 Å². The first-order valence-corrected chi connectivity index (χ1v) is 42.3. The second-order valence-corrected chi connectivity index (χ2v) is 32.1. The fraction of sp³-hybridized carbons (Fsp3) is 0.952. The maximum Gasteiger partial charge on any atom is 0.306 e. The minimum atomic E-state index is -1.85. The van der Waals surface area contributed by atoms with Crippen LogP contribution in [0.2, 0.25) is 0 Å². The van der Waals surface area contributed by atoms with Crippen molar-refractivity contribution in [2.24, 2.45) is 23.7 Å². The molecule has 2 saturated heterocycles. The molecule has 0 amide bonds. The number of carbonyl (C=O) groups excluding carboxylic acids is 4. The van der Waals surface area contributed by atoms with Gasteiger partial charge in [0.05, 0.1) is 6.61 Å². The average Bonchev–Trinajstić information content (AvgIpc) is 0.782. The van der Waals surface area contributed by atoms with Gasteiger partial charge in [0.2, 0.25) is 6.29 Å². The molecule has 0 radical (unpaired) electrons. The summed E-state index contributed by atoms with van der Waals surface area (Å²) in [5, 5.41) is 45.3. The largest absolute Gasteiger partial charge is 0.463 e. The van der Waals surface area contributed by atoms with Crippen molar-refractivity contribution in [3.05, 3.63) is 0 Å². The Balaban J connectivity index is 2.22. The maximum absolute atomic E-state index is 14.0. The molecule has 2 aliphatic heterocycles. The Kier molecular flexibility index (Phi) is 58.9. The molecule has 2 aliphatic rings. The van der Waals surface area contributed by atoms with Crippen molar-refractivity contribution in [3.63, 3.8) is 0 Å². The fourth-order valence-corrected chi connectivity index (χ4v) is 14.1. The first-order valence-electron chi connectivity index (χ1n) is 42.3. The summed E-state index contributed by atoms with van der Waals surface area (Å²) in [6.45, 7) is 17.1. The Morgan fingerprint density at radius 1 is 0.283 bits per heavy atom. The van der Waals surface area contributed by atoms with Crippen LogP contribution in [0.15, 0.2) is 0 Å². The SMILES string of the molecule is CC(C)CCCCCCCCCCCCCCC(=O)OC[C@H]1O[C@H](O[C@H]2O[C@H](CO)[C@@H](O)[C@H](O)[C@H]2OC(=O)CCCCCCCCCCCCCCC(C)C)[C@H](O)[C@@H](OC(=O)CCCCCCCCCCCCCCC(C)C)[C@@H]1OC(=O)CCCCCCCCCCCCCCC(C)C. The number of carbonyl (C=O) groups is 4. The highest BCUT2D eigenvalue weighted by Crippen LogP contribution is 2.34. The number of esters is 4. The van der Waals surface area contributed by atoms with Crippen molar-refractivity contribution >= 4 is 23.9 Å². The first-order chi connectivity index (χ1) is 47.9. The average molecular weight is 1410 g/mol. The molecular weight excluding hydrogens is 1250 g/mol. The van der Waals surface area contributed by atoms with E-state index in [4.69, 9.17) is 33.2 Å². The Bertz CT molecular complexity index is 1880. The second kappa shape index (κ2) is 62.9. The van der Waals surface area contributed by atoms with Gasteiger partial charge in [0.25, 0.3) is 0 Å². The van der Waals surface area contributed by atoms with E-state index in [0.717, 1.165) is 120 Å². The van der Waals surface area contributed by atoms with Crippen LogP contribution in [0.1, 0.15) is 415 Å². The Morgan fingerprint density at radius 3 is 0.808 bits per heavy atom. The Morgan fingerprint density at radius 2 is 0.525 bits per heavy atom. The summed E-state index contributed by atoms with van der Waals surface area (Å²) in [6, 6.07) is 0. The van der Waals surface area contributed by atoms with Crippen LogP contribution in [0.3, 0.4) is 0 Å². The van der Waals surface area contributed by atoms with Crippen LogP contribution in [0, 0.1) is 23.7 Å². The molecule has 0 aromatic heterocycles. The number of hydrogen-bond donors (Lipinski definition) is 4. The molecular formula is C84H158O15. The number of aliphatic hydroxyl groups excluding tert-OH is 4. The molecule has 0 spiro atoms. The lowest BCUT2D eigenvalue weighted by molar-refractivity contribution is -0.377. The molecule has 15 nitrogen and oxygen atoms in total. The zero-order chi connectivity index (χ0) is 72.4. The summed E-state index contributed by atoms with van der Waals surface area (Å²) in [5.74, 6) is 0.738. The van der Waals surface area contributed by atoms with Gasteiger partial charge in [0.1, 0.15) is 37.1 Å². The lowest BCUT2D eigenvalue weighted by atomic mass is 9.97. The molecule has 0 aromatic rings. The van der Waals surface area contributed by atoms with Crippen LogP contribution in [0.5, 0.6) is 0 Å². The van der Waals surface area contributed by atoms with E-state index < -0.39 is 98.5 Å². The highest BCUT2D eigenvalue weighted by Gasteiger charge is 2.54. The van der Waals surface area contributed by atoms with Gasteiger partial charge in [-0.05, 0) is 49.4 Å². The van der Waals surface area contributed by atoms with Crippen molar-refractivity contribution < 1.29 is 72.8 Å². The minimum Gasteiger partial charge on any atom is -0.463 e. The molecule has 2 fully saturated rings. The first kappa shape index (κ1) is 92.7. The third-order valence-corrected chi connectivity index (χ3v) is 20.6. The molecule has 4 N–H and O–H groups in total. The summed E-state index contributed by atoms with van der Waals surface area (Å²) >= 11 is 0. The Labute approximate surface area is 607 Å². The van der Waals surface area contributed by atoms with Crippen molar-refractivity contribution in [2.45, 2.75) is 476 Å². The van der Waals surface area contributed by atoms with E-state index >= 15 is 0 Å². The van der Waals surface area contributed by atoms with Crippen molar-refractivity contribution in [3.8, 4) is 0 Å². The molecule has 2 rings (SSSR count). The number of aliphatic hydroxyl groups is 4. The van der Waals surface area contributed by atoms with Crippen LogP contribution in [-0.4, -0.2) is 119 Å². The number of hydrogen-bond acceptors (Lipinski definition) is 15. The molecule has 0 aliphatic carbocycles. The van der Waals surface area contributed by atoms with Gasteiger partial charge in [-0.3, -0.25) is 19.2 Å².